The summed E-state index contributed by atoms with van der Waals surface area (Å²) in [4.78, 5) is 36.5. The zero-order chi connectivity index (χ0) is 15.8. The molecule has 0 spiro atoms. The maximum absolute atomic E-state index is 11.8. The van der Waals surface area contributed by atoms with Crippen LogP contribution in [-0.4, -0.2) is 72.6 Å². The molecule has 3 amide bonds. The first-order valence-electron chi connectivity index (χ1n) is 7.10. The van der Waals surface area contributed by atoms with E-state index in [9.17, 15) is 14.4 Å². The van der Waals surface area contributed by atoms with E-state index in [1.54, 1.807) is 0 Å². The average molecular weight is 300 g/mol. The highest BCUT2D eigenvalue weighted by molar-refractivity contribution is 5.85. The minimum absolute atomic E-state index is 0.396. The number of amides is 3. The van der Waals surface area contributed by atoms with E-state index in [4.69, 9.17) is 10.8 Å². The van der Waals surface area contributed by atoms with Gasteiger partial charge in [0.25, 0.3) is 0 Å². The topological polar surface area (TPSA) is 116 Å². The standard InChI is InChI=1S/C13H24N4O4/c1-16-6-3-10(4-7-16)2-5-15-13(21)17(8-11(14)18)9-12(19)20/h10H,2-9H2,1H3,(H2,14,18)(H,15,21)(H,19,20). The zero-order valence-corrected chi connectivity index (χ0v) is 12.4. The van der Waals surface area contributed by atoms with Gasteiger partial charge in [0.05, 0.1) is 0 Å². The van der Waals surface area contributed by atoms with E-state index in [0.29, 0.717) is 12.5 Å². The number of carboxylic acids is 1. The van der Waals surface area contributed by atoms with Crippen molar-refractivity contribution >= 4 is 17.9 Å². The minimum Gasteiger partial charge on any atom is -0.480 e. The lowest BCUT2D eigenvalue weighted by molar-refractivity contribution is -0.137. The van der Waals surface area contributed by atoms with E-state index in [0.717, 1.165) is 37.3 Å². The molecule has 0 atom stereocenters. The fourth-order valence-electron chi connectivity index (χ4n) is 2.40. The van der Waals surface area contributed by atoms with Crippen LogP contribution in [0, 0.1) is 5.92 Å². The highest BCUT2D eigenvalue weighted by Crippen LogP contribution is 2.18. The number of piperidine rings is 1. The van der Waals surface area contributed by atoms with Crippen LogP contribution in [0.3, 0.4) is 0 Å². The Morgan fingerprint density at radius 1 is 1.29 bits per heavy atom. The molecule has 0 radical (unpaired) electrons. The normalized spacial score (nSPS) is 16.4. The van der Waals surface area contributed by atoms with E-state index in [2.05, 4.69) is 17.3 Å². The van der Waals surface area contributed by atoms with Crippen molar-refractivity contribution < 1.29 is 19.5 Å². The average Bonchev–Trinajstić information content (AvgIpc) is 2.39. The number of nitrogens with zero attached hydrogens (tertiary/aromatic N) is 2. The number of carboxylic acid groups (broad SMARTS) is 1. The molecular weight excluding hydrogens is 276 g/mol. The number of primary amides is 1. The molecule has 21 heavy (non-hydrogen) atoms. The molecule has 0 aromatic rings. The predicted molar refractivity (Wildman–Crippen MR) is 76.6 cm³/mol. The molecule has 8 nitrogen and oxygen atoms in total. The van der Waals surface area contributed by atoms with Gasteiger partial charge in [0.15, 0.2) is 0 Å². The van der Waals surface area contributed by atoms with Crippen LogP contribution in [0.1, 0.15) is 19.3 Å². The number of carbonyl (C=O) groups excluding carboxylic acids is 2. The van der Waals surface area contributed by atoms with Crippen molar-refractivity contribution in [3.63, 3.8) is 0 Å². The Bertz CT molecular complexity index is 364. The Morgan fingerprint density at radius 2 is 1.90 bits per heavy atom. The van der Waals surface area contributed by atoms with Gasteiger partial charge in [-0.3, -0.25) is 9.59 Å². The molecule has 4 N–H and O–H groups in total. The third-order valence-corrected chi connectivity index (χ3v) is 3.63. The molecule has 1 heterocycles. The van der Waals surface area contributed by atoms with Gasteiger partial charge < -0.3 is 26.0 Å². The molecule has 0 aromatic carbocycles. The van der Waals surface area contributed by atoms with Crippen molar-refractivity contribution in [3.8, 4) is 0 Å². The Morgan fingerprint density at radius 3 is 2.43 bits per heavy atom. The Balaban J connectivity index is 2.32. The summed E-state index contributed by atoms with van der Waals surface area (Å²) in [7, 11) is 2.09. The second kappa shape index (κ2) is 8.46. The number of hydrogen-bond acceptors (Lipinski definition) is 4. The van der Waals surface area contributed by atoms with Crippen LogP contribution in [0.5, 0.6) is 0 Å². The largest absolute Gasteiger partial charge is 0.480 e. The molecule has 0 aromatic heterocycles. The van der Waals surface area contributed by atoms with Crippen LogP contribution in [0.15, 0.2) is 0 Å². The number of hydrogen-bond donors (Lipinski definition) is 3. The monoisotopic (exact) mass is 300 g/mol. The molecule has 1 fully saturated rings. The van der Waals surface area contributed by atoms with E-state index in [1.165, 1.54) is 0 Å². The summed E-state index contributed by atoms with van der Waals surface area (Å²) in [6.07, 6.45) is 3.07. The molecule has 0 aliphatic carbocycles. The van der Waals surface area contributed by atoms with Crippen molar-refractivity contribution in [1.82, 2.24) is 15.1 Å². The number of nitrogens with one attached hydrogen (secondary N) is 1. The highest BCUT2D eigenvalue weighted by atomic mass is 16.4. The Hall–Kier alpha value is -1.83. The van der Waals surface area contributed by atoms with Crippen LogP contribution in [0.25, 0.3) is 0 Å². The van der Waals surface area contributed by atoms with E-state index in [1.807, 2.05) is 0 Å². The molecule has 120 valence electrons. The van der Waals surface area contributed by atoms with Gasteiger partial charge in [-0.1, -0.05) is 0 Å². The summed E-state index contributed by atoms with van der Waals surface area (Å²) in [5.74, 6) is -1.34. The van der Waals surface area contributed by atoms with Crippen molar-refractivity contribution in [2.45, 2.75) is 19.3 Å². The third-order valence-electron chi connectivity index (χ3n) is 3.63. The van der Waals surface area contributed by atoms with Gasteiger partial charge in [-0.2, -0.15) is 0 Å². The quantitative estimate of drug-likeness (QED) is 0.575. The van der Waals surface area contributed by atoms with Gasteiger partial charge in [0, 0.05) is 6.54 Å². The number of urea groups is 1. The Labute approximate surface area is 124 Å². The van der Waals surface area contributed by atoms with Crippen LogP contribution < -0.4 is 11.1 Å². The summed E-state index contributed by atoms with van der Waals surface area (Å²) in [5.41, 5.74) is 5.01. The molecule has 0 unspecified atom stereocenters. The highest BCUT2D eigenvalue weighted by Gasteiger charge is 2.20. The van der Waals surface area contributed by atoms with Gasteiger partial charge in [-0.15, -0.1) is 0 Å². The molecule has 1 saturated heterocycles. The predicted octanol–water partition coefficient (Wildman–Crippen LogP) is -0.700. The minimum atomic E-state index is -1.18. The maximum Gasteiger partial charge on any atom is 0.323 e. The lowest BCUT2D eigenvalue weighted by Crippen LogP contribution is -2.47. The molecule has 0 saturated carbocycles. The fourth-order valence-corrected chi connectivity index (χ4v) is 2.40. The lowest BCUT2D eigenvalue weighted by atomic mass is 9.94. The van der Waals surface area contributed by atoms with Crippen molar-refractivity contribution in [2.75, 3.05) is 39.8 Å². The van der Waals surface area contributed by atoms with Crippen molar-refractivity contribution in [1.29, 1.82) is 0 Å². The van der Waals surface area contributed by atoms with E-state index >= 15 is 0 Å². The fraction of sp³-hybridized carbons (Fsp3) is 0.769. The summed E-state index contributed by atoms with van der Waals surface area (Å²) in [6, 6.07) is -0.566. The number of rotatable bonds is 7. The number of aliphatic carboxylic acids is 1. The second-order valence-electron chi connectivity index (χ2n) is 5.48. The molecule has 8 heteroatoms. The maximum atomic E-state index is 11.8. The van der Waals surface area contributed by atoms with E-state index in [-0.39, 0.29) is 0 Å². The summed E-state index contributed by atoms with van der Waals surface area (Å²) in [5, 5.41) is 11.4. The van der Waals surface area contributed by atoms with Gasteiger partial charge in [0.1, 0.15) is 13.1 Å². The van der Waals surface area contributed by atoms with Crippen LogP contribution >= 0.6 is 0 Å². The number of carbonyl (C=O) groups is 3. The third kappa shape index (κ3) is 6.94. The zero-order valence-electron chi connectivity index (χ0n) is 12.4. The first kappa shape index (κ1) is 17.2. The lowest BCUT2D eigenvalue weighted by Gasteiger charge is -2.29. The molecule has 0 bridgehead atoms. The van der Waals surface area contributed by atoms with Crippen molar-refractivity contribution in [3.05, 3.63) is 0 Å². The van der Waals surface area contributed by atoms with Crippen molar-refractivity contribution in [2.24, 2.45) is 11.7 Å². The molecule has 1 rings (SSSR count). The summed E-state index contributed by atoms with van der Waals surface area (Å²) < 4.78 is 0. The summed E-state index contributed by atoms with van der Waals surface area (Å²) in [6.45, 7) is 1.66. The van der Waals surface area contributed by atoms with Crippen LogP contribution in [0.2, 0.25) is 0 Å². The summed E-state index contributed by atoms with van der Waals surface area (Å²) >= 11 is 0. The van der Waals surface area contributed by atoms with E-state index < -0.39 is 31.0 Å². The van der Waals surface area contributed by atoms with Gasteiger partial charge in [-0.05, 0) is 45.3 Å². The van der Waals surface area contributed by atoms with Gasteiger partial charge >= 0.3 is 12.0 Å². The van der Waals surface area contributed by atoms with Gasteiger partial charge in [0.2, 0.25) is 5.91 Å². The van der Waals surface area contributed by atoms with Crippen LogP contribution in [0.4, 0.5) is 4.79 Å². The first-order chi connectivity index (χ1) is 9.88. The number of likely N-dealkylation sites (tertiary alicyclic amines) is 1. The second-order valence-corrected chi connectivity index (χ2v) is 5.48. The SMILES string of the molecule is CN1CCC(CCNC(=O)N(CC(N)=O)CC(=O)O)CC1. The smallest absolute Gasteiger partial charge is 0.323 e. The van der Waals surface area contributed by atoms with Crippen LogP contribution in [-0.2, 0) is 9.59 Å². The number of nitrogens with two attached hydrogens (primary N) is 1. The molecule has 1 aliphatic rings. The molecule has 1 aliphatic heterocycles. The Kier molecular flexibility index (Phi) is 6.93. The van der Waals surface area contributed by atoms with Gasteiger partial charge in [-0.25, -0.2) is 4.79 Å². The molecular formula is C13H24N4O4. The first-order valence-corrected chi connectivity index (χ1v) is 7.10.